The molecule has 7 nitrogen and oxygen atoms in total. The number of anilines is 1. The Hall–Kier alpha value is -3.39. The zero-order chi connectivity index (χ0) is 24.7. The summed E-state index contributed by atoms with van der Waals surface area (Å²) >= 11 is 8.90. The van der Waals surface area contributed by atoms with Crippen molar-refractivity contribution in [2.75, 3.05) is 11.1 Å². The molecule has 0 radical (unpaired) electrons. The predicted octanol–water partition coefficient (Wildman–Crippen LogP) is 5.81. The number of para-hydroxylation sites is 2. The number of halogens is 2. The summed E-state index contributed by atoms with van der Waals surface area (Å²) in [5, 5.41) is 22.3. The van der Waals surface area contributed by atoms with E-state index in [1.165, 1.54) is 29.2 Å². The van der Waals surface area contributed by atoms with Crippen molar-refractivity contribution in [2.45, 2.75) is 25.5 Å². The number of benzene rings is 2. The number of carbonyl (C=O) groups excluding carboxylic acids is 1. The standard InChI is InChI=1S/C24H18ClFN6OS2/c1-13-14(2)35-22(15(13)10-27)28-21(33)12-34-24-30-29-23-31(11-16-17(25)6-5-7-18(16)26)19-8-3-4-9-20(19)32(23)24/h3-9H,11-12H2,1-2H3,(H,28,33). The molecule has 0 saturated heterocycles. The van der Waals surface area contributed by atoms with Crippen LogP contribution in [-0.4, -0.2) is 30.8 Å². The quantitative estimate of drug-likeness (QED) is 0.283. The lowest BCUT2D eigenvalue weighted by atomic mass is 10.2. The highest BCUT2D eigenvalue weighted by Crippen LogP contribution is 2.32. The number of hydrogen-bond acceptors (Lipinski definition) is 6. The van der Waals surface area contributed by atoms with Gasteiger partial charge in [0.05, 0.1) is 28.9 Å². The highest BCUT2D eigenvalue weighted by atomic mass is 35.5. The van der Waals surface area contributed by atoms with E-state index in [-0.39, 0.29) is 18.2 Å². The van der Waals surface area contributed by atoms with Crippen molar-refractivity contribution in [2.24, 2.45) is 0 Å². The second-order valence-electron chi connectivity index (χ2n) is 7.83. The van der Waals surface area contributed by atoms with Gasteiger partial charge in [-0.2, -0.15) is 5.26 Å². The van der Waals surface area contributed by atoms with Crippen LogP contribution in [-0.2, 0) is 11.3 Å². The van der Waals surface area contributed by atoms with Gasteiger partial charge in [0, 0.05) is 15.5 Å². The molecular weight excluding hydrogens is 507 g/mol. The third-order valence-corrected chi connectivity index (χ3v) is 8.14. The van der Waals surface area contributed by atoms with Crippen molar-refractivity contribution < 1.29 is 9.18 Å². The number of nitrogens with zero attached hydrogens (tertiary/aromatic N) is 5. The van der Waals surface area contributed by atoms with E-state index in [0.717, 1.165) is 21.5 Å². The van der Waals surface area contributed by atoms with Gasteiger partial charge in [0.1, 0.15) is 16.9 Å². The first kappa shape index (κ1) is 23.4. The molecule has 0 aliphatic carbocycles. The molecule has 35 heavy (non-hydrogen) atoms. The number of thioether (sulfide) groups is 1. The van der Waals surface area contributed by atoms with Gasteiger partial charge < -0.3 is 9.88 Å². The lowest BCUT2D eigenvalue weighted by molar-refractivity contribution is -0.113. The number of rotatable bonds is 6. The molecule has 1 N–H and O–H groups in total. The van der Waals surface area contributed by atoms with Gasteiger partial charge >= 0.3 is 0 Å². The molecule has 0 unspecified atom stereocenters. The van der Waals surface area contributed by atoms with Gasteiger partial charge in [-0.25, -0.2) is 4.39 Å². The fourth-order valence-corrected chi connectivity index (χ4v) is 5.86. The molecule has 0 spiro atoms. The second-order valence-corrected chi connectivity index (χ2v) is 10.4. The van der Waals surface area contributed by atoms with Crippen LogP contribution in [0.15, 0.2) is 47.6 Å². The summed E-state index contributed by atoms with van der Waals surface area (Å²) in [6, 6.07) is 14.4. The van der Waals surface area contributed by atoms with E-state index >= 15 is 0 Å². The molecule has 0 saturated carbocycles. The lowest BCUT2D eigenvalue weighted by Crippen LogP contribution is -2.14. The molecule has 176 valence electrons. The number of nitrogens with one attached hydrogen (secondary N) is 1. The van der Waals surface area contributed by atoms with Crippen LogP contribution in [0.4, 0.5) is 9.39 Å². The third-order valence-electron chi connectivity index (χ3n) is 5.73. The Morgan fingerprint density at radius 2 is 1.97 bits per heavy atom. The highest BCUT2D eigenvalue weighted by molar-refractivity contribution is 7.99. The molecule has 5 aromatic rings. The Balaban J connectivity index is 1.45. The van der Waals surface area contributed by atoms with Crippen LogP contribution in [0.3, 0.4) is 0 Å². The summed E-state index contributed by atoms with van der Waals surface area (Å²) in [6.45, 7) is 3.97. The maximum absolute atomic E-state index is 14.5. The van der Waals surface area contributed by atoms with Crippen LogP contribution in [0.1, 0.15) is 21.6 Å². The smallest absolute Gasteiger partial charge is 0.237 e. The number of fused-ring (bicyclic) bond motifs is 3. The topological polar surface area (TPSA) is 88.0 Å². The number of carbonyl (C=O) groups is 1. The van der Waals surface area contributed by atoms with E-state index < -0.39 is 5.82 Å². The Morgan fingerprint density at radius 3 is 2.71 bits per heavy atom. The minimum atomic E-state index is -0.394. The van der Waals surface area contributed by atoms with E-state index in [0.29, 0.717) is 32.1 Å². The minimum absolute atomic E-state index is 0.0836. The van der Waals surface area contributed by atoms with Gasteiger partial charge in [0.25, 0.3) is 0 Å². The molecule has 2 aromatic carbocycles. The van der Waals surface area contributed by atoms with Gasteiger partial charge in [-0.1, -0.05) is 41.6 Å². The zero-order valence-electron chi connectivity index (χ0n) is 18.7. The predicted molar refractivity (Wildman–Crippen MR) is 137 cm³/mol. The van der Waals surface area contributed by atoms with Crippen molar-refractivity contribution in [3.8, 4) is 6.07 Å². The summed E-state index contributed by atoms with van der Waals surface area (Å²) in [4.78, 5) is 13.7. The molecule has 5 rings (SSSR count). The van der Waals surface area contributed by atoms with E-state index in [1.54, 1.807) is 12.1 Å². The number of hydrogen-bond donors (Lipinski definition) is 1. The molecular formula is C24H18ClFN6OS2. The van der Waals surface area contributed by atoms with Gasteiger partial charge in [-0.3, -0.25) is 9.20 Å². The Morgan fingerprint density at radius 1 is 1.20 bits per heavy atom. The number of aryl methyl sites for hydroxylation is 1. The Bertz CT molecular complexity index is 1630. The van der Waals surface area contributed by atoms with Crippen molar-refractivity contribution in [1.82, 2.24) is 19.2 Å². The van der Waals surface area contributed by atoms with Gasteiger partial charge in [0.15, 0.2) is 5.16 Å². The van der Waals surface area contributed by atoms with Crippen LogP contribution in [0.25, 0.3) is 16.8 Å². The maximum Gasteiger partial charge on any atom is 0.237 e. The molecule has 1 amide bonds. The molecule has 3 aromatic heterocycles. The number of aromatic nitrogens is 4. The molecule has 0 atom stereocenters. The highest BCUT2D eigenvalue weighted by Gasteiger charge is 2.20. The van der Waals surface area contributed by atoms with Crippen molar-refractivity contribution in [3.05, 3.63) is 74.9 Å². The summed E-state index contributed by atoms with van der Waals surface area (Å²) < 4.78 is 18.2. The van der Waals surface area contributed by atoms with Gasteiger partial charge in [-0.15, -0.1) is 21.5 Å². The number of imidazole rings is 1. The van der Waals surface area contributed by atoms with Crippen molar-refractivity contribution in [1.29, 1.82) is 5.26 Å². The maximum atomic E-state index is 14.5. The largest absolute Gasteiger partial charge is 0.316 e. The van der Waals surface area contributed by atoms with Gasteiger partial charge in [0.2, 0.25) is 11.7 Å². The normalized spacial score (nSPS) is 11.3. The van der Waals surface area contributed by atoms with Crippen LogP contribution in [0, 0.1) is 31.0 Å². The van der Waals surface area contributed by atoms with E-state index in [2.05, 4.69) is 21.6 Å². The first-order chi connectivity index (χ1) is 16.9. The fourth-order valence-electron chi connectivity index (χ4n) is 3.87. The number of thiophene rings is 1. The van der Waals surface area contributed by atoms with E-state index in [9.17, 15) is 14.4 Å². The van der Waals surface area contributed by atoms with Crippen LogP contribution in [0.2, 0.25) is 5.02 Å². The molecule has 0 fully saturated rings. The summed E-state index contributed by atoms with van der Waals surface area (Å²) in [7, 11) is 0. The van der Waals surface area contributed by atoms with Crippen LogP contribution < -0.4 is 5.32 Å². The third kappa shape index (κ3) is 4.16. The molecule has 3 heterocycles. The van der Waals surface area contributed by atoms with Crippen molar-refractivity contribution in [3.63, 3.8) is 0 Å². The van der Waals surface area contributed by atoms with Crippen LogP contribution in [0.5, 0.6) is 0 Å². The zero-order valence-corrected chi connectivity index (χ0v) is 21.1. The first-order valence-corrected chi connectivity index (χ1v) is 12.7. The average Bonchev–Trinajstić information content (AvgIpc) is 3.47. The molecule has 0 bridgehead atoms. The summed E-state index contributed by atoms with van der Waals surface area (Å²) in [6.07, 6.45) is 0. The molecule has 0 aliphatic rings. The monoisotopic (exact) mass is 524 g/mol. The second kappa shape index (κ2) is 9.34. The SMILES string of the molecule is Cc1sc(NC(=O)CSc2nnc3n(Cc4c(F)cccc4Cl)c4ccccc4n23)c(C#N)c1C. The minimum Gasteiger partial charge on any atom is -0.316 e. The number of amides is 1. The summed E-state index contributed by atoms with van der Waals surface area (Å²) in [5.74, 6) is -0.0357. The van der Waals surface area contributed by atoms with Gasteiger partial charge in [-0.05, 0) is 43.7 Å². The number of nitriles is 1. The average molecular weight is 525 g/mol. The fraction of sp³-hybridized carbons (Fsp3) is 0.167. The summed E-state index contributed by atoms with van der Waals surface area (Å²) in [5.41, 5.74) is 3.40. The Labute approximate surface area is 213 Å². The van der Waals surface area contributed by atoms with E-state index in [1.807, 2.05) is 47.1 Å². The lowest BCUT2D eigenvalue weighted by Gasteiger charge is -2.08. The van der Waals surface area contributed by atoms with Crippen LogP contribution >= 0.6 is 34.7 Å². The Kier molecular flexibility index (Phi) is 6.23. The molecule has 11 heteroatoms. The van der Waals surface area contributed by atoms with Crippen molar-refractivity contribution >= 4 is 62.4 Å². The first-order valence-electron chi connectivity index (χ1n) is 10.6. The van der Waals surface area contributed by atoms with E-state index in [4.69, 9.17) is 11.6 Å². The molecule has 0 aliphatic heterocycles.